The van der Waals surface area contributed by atoms with E-state index in [9.17, 15) is 52.0 Å². The molecule has 0 saturated carbocycles. The van der Waals surface area contributed by atoms with E-state index in [-0.39, 0.29) is 18.7 Å². The van der Waals surface area contributed by atoms with Gasteiger partial charge in [0, 0.05) is 42.4 Å². The Balaban J connectivity index is 1.73. The van der Waals surface area contributed by atoms with Gasteiger partial charge in [-0.25, -0.2) is 17.6 Å². The lowest BCUT2D eigenvalue weighted by molar-refractivity contribution is -0.384. The number of nitrogens with one attached hydrogen (secondary N) is 1. The predicted octanol–water partition coefficient (Wildman–Crippen LogP) is 3.41. The third kappa shape index (κ3) is 6.35. The molecule has 218 valence electrons. The molecule has 3 aromatic rings. The van der Waals surface area contributed by atoms with Crippen LogP contribution in [-0.4, -0.2) is 62.8 Å². The minimum atomic E-state index is -1.85. The fraction of sp³-hybridized carbons (Fsp3) is 0.185. The lowest BCUT2D eigenvalue weighted by Crippen LogP contribution is -2.54. The summed E-state index contributed by atoms with van der Waals surface area (Å²) in [5, 5.41) is 23.0. The van der Waals surface area contributed by atoms with Gasteiger partial charge >= 0.3 is 5.97 Å². The third-order valence-electron chi connectivity index (χ3n) is 6.38. The number of amides is 3. The first-order chi connectivity index (χ1) is 19.8. The highest BCUT2D eigenvalue weighted by Gasteiger charge is 2.44. The molecule has 1 saturated heterocycles. The Morgan fingerprint density at radius 1 is 0.881 bits per heavy atom. The second-order valence-corrected chi connectivity index (χ2v) is 9.17. The van der Waals surface area contributed by atoms with E-state index < -0.39 is 87.3 Å². The van der Waals surface area contributed by atoms with Gasteiger partial charge < -0.3 is 20.2 Å². The van der Waals surface area contributed by atoms with Crippen LogP contribution in [0.5, 0.6) is 0 Å². The van der Waals surface area contributed by atoms with E-state index in [2.05, 4.69) is 5.32 Å². The number of carboxylic acid groups (broad SMARTS) is 1. The number of rotatable bonds is 8. The summed E-state index contributed by atoms with van der Waals surface area (Å²) >= 11 is 0. The number of aliphatic carboxylic acids is 1. The van der Waals surface area contributed by atoms with Gasteiger partial charge in [-0.15, -0.1) is 0 Å². The van der Waals surface area contributed by atoms with Crippen LogP contribution >= 0.6 is 0 Å². The standard InChI is InChI=1S/C27H20F4N4O7/c28-17-8-16(9-18(29)12-17)27(40)34-7-6-33(26(39)15-4-5-20(30)21(31)11-15)25(34)24(38)32-22(13-23(36)37)14-2-1-3-19(10-14)35(41)42/h1-5,8-12,22,25H,6-7,13H2,(H,32,38)(H,36,37). The minimum Gasteiger partial charge on any atom is -0.481 e. The van der Waals surface area contributed by atoms with Crippen LogP contribution in [0.25, 0.3) is 0 Å². The first-order valence-corrected chi connectivity index (χ1v) is 12.2. The molecule has 0 bridgehead atoms. The van der Waals surface area contributed by atoms with Crippen LogP contribution in [0.15, 0.2) is 60.7 Å². The Bertz CT molecular complexity index is 1580. The number of benzene rings is 3. The molecular weight excluding hydrogens is 568 g/mol. The second kappa shape index (κ2) is 12.0. The van der Waals surface area contributed by atoms with Gasteiger partial charge in [0.05, 0.1) is 17.4 Å². The van der Waals surface area contributed by atoms with Crippen molar-refractivity contribution in [1.29, 1.82) is 0 Å². The maximum Gasteiger partial charge on any atom is 0.305 e. The van der Waals surface area contributed by atoms with E-state index in [0.29, 0.717) is 30.3 Å². The zero-order valence-corrected chi connectivity index (χ0v) is 21.3. The Morgan fingerprint density at radius 3 is 2.07 bits per heavy atom. The van der Waals surface area contributed by atoms with Crippen LogP contribution in [-0.2, 0) is 9.59 Å². The highest BCUT2D eigenvalue weighted by atomic mass is 19.2. The maximum atomic E-state index is 13.9. The number of nitro groups is 1. The lowest BCUT2D eigenvalue weighted by Gasteiger charge is -2.31. The largest absolute Gasteiger partial charge is 0.481 e. The van der Waals surface area contributed by atoms with Crippen LogP contribution in [0.1, 0.15) is 38.7 Å². The zero-order chi connectivity index (χ0) is 30.7. The molecule has 2 unspecified atom stereocenters. The molecule has 0 aliphatic carbocycles. The molecular formula is C27H20F4N4O7. The molecule has 3 aromatic carbocycles. The van der Waals surface area contributed by atoms with Crippen molar-refractivity contribution in [2.24, 2.45) is 0 Å². The molecule has 3 amide bonds. The molecule has 0 aromatic heterocycles. The highest BCUT2D eigenvalue weighted by Crippen LogP contribution is 2.26. The molecule has 0 spiro atoms. The number of halogens is 4. The van der Waals surface area contributed by atoms with Crippen molar-refractivity contribution in [2.75, 3.05) is 13.1 Å². The van der Waals surface area contributed by atoms with Crippen molar-refractivity contribution < 1.29 is 46.8 Å². The molecule has 15 heteroatoms. The summed E-state index contributed by atoms with van der Waals surface area (Å²) in [6.07, 6.45) is -2.61. The fourth-order valence-corrected chi connectivity index (χ4v) is 4.50. The van der Waals surface area contributed by atoms with E-state index in [0.717, 1.165) is 28.0 Å². The van der Waals surface area contributed by atoms with Crippen LogP contribution < -0.4 is 5.32 Å². The van der Waals surface area contributed by atoms with E-state index in [1.165, 1.54) is 12.1 Å². The number of carboxylic acids is 1. The van der Waals surface area contributed by atoms with Gasteiger partial charge in [0.2, 0.25) is 0 Å². The van der Waals surface area contributed by atoms with Crippen molar-refractivity contribution in [2.45, 2.75) is 18.6 Å². The lowest BCUT2D eigenvalue weighted by atomic mass is 10.0. The average molecular weight is 588 g/mol. The van der Waals surface area contributed by atoms with Gasteiger partial charge in [0.15, 0.2) is 17.8 Å². The van der Waals surface area contributed by atoms with Gasteiger partial charge in [-0.1, -0.05) is 12.1 Å². The Morgan fingerprint density at radius 2 is 1.50 bits per heavy atom. The molecule has 1 fully saturated rings. The maximum absolute atomic E-state index is 13.9. The summed E-state index contributed by atoms with van der Waals surface area (Å²) < 4.78 is 55.1. The highest BCUT2D eigenvalue weighted by molar-refractivity contribution is 6.02. The van der Waals surface area contributed by atoms with Gasteiger partial charge in [0.1, 0.15) is 11.6 Å². The SMILES string of the molecule is O=C(O)CC(NC(=O)C1N(C(=O)c2cc(F)cc(F)c2)CCN1C(=O)c1ccc(F)c(F)c1)c1cccc([N+](=O)[O-])c1. The van der Waals surface area contributed by atoms with Gasteiger partial charge in [-0.2, -0.15) is 0 Å². The minimum absolute atomic E-state index is 0.0153. The van der Waals surface area contributed by atoms with E-state index in [4.69, 9.17) is 0 Å². The topological polar surface area (TPSA) is 150 Å². The molecule has 2 atom stereocenters. The number of hydrogen-bond donors (Lipinski definition) is 2. The van der Waals surface area contributed by atoms with Crippen molar-refractivity contribution in [1.82, 2.24) is 15.1 Å². The summed E-state index contributed by atoms with van der Waals surface area (Å²) in [6, 6.07) is 7.48. The van der Waals surface area contributed by atoms with E-state index >= 15 is 0 Å². The molecule has 1 heterocycles. The quantitative estimate of drug-likeness (QED) is 0.233. The first kappa shape index (κ1) is 29.6. The summed E-state index contributed by atoms with van der Waals surface area (Å²) in [5.74, 6) is -9.43. The van der Waals surface area contributed by atoms with Crippen LogP contribution in [0.3, 0.4) is 0 Å². The van der Waals surface area contributed by atoms with Gasteiger partial charge in [-0.3, -0.25) is 29.3 Å². The summed E-state index contributed by atoms with van der Waals surface area (Å²) in [5.41, 5.74) is -1.29. The number of nitrogens with zero attached hydrogens (tertiary/aromatic N) is 3. The monoisotopic (exact) mass is 588 g/mol. The van der Waals surface area contributed by atoms with Gasteiger partial charge in [0.25, 0.3) is 23.4 Å². The van der Waals surface area contributed by atoms with Gasteiger partial charge in [-0.05, 0) is 35.9 Å². The smallest absolute Gasteiger partial charge is 0.305 e. The van der Waals surface area contributed by atoms with Crippen LogP contribution in [0, 0.1) is 33.4 Å². The number of carbonyl (C=O) groups is 4. The molecule has 1 aliphatic heterocycles. The molecule has 42 heavy (non-hydrogen) atoms. The molecule has 1 aliphatic rings. The van der Waals surface area contributed by atoms with Crippen LogP contribution in [0.4, 0.5) is 23.2 Å². The Hall–Kier alpha value is -5.34. The van der Waals surface area contributed by atoms with Crippen molar-refractivity contribution in [3.05, 3.63) is 111 Å². The molecule has 4 rings (SSSR count). The van der Waals surface area contributed by atoms with Crippen molar-refractivity contribution >= 4 is 29.4 Å². The zero-order valence-electron chi connectivity index (χ0n) is 21.3. The van der Waals surface area contributed by atoms with E-state index in [1.807, 2.05) is 0 Å². The molecule has 11 nitrogen and oxygen atoms in total. The second-order valence-electron chi connectivity index (χ2n) is 9.17. The number of nitro benzene ring substituents is 1. The normalized spacial score (nSPS) is 15.3. The number of non-ortho nitro benzene ring substituents is 1. The molecule has 0 radical (unpaired) electrons. The number of carbonyl (C=O) groups excluding carboxylic acids is 3. The van der Waals surface area contributed by atoms with E-state index in [1.54, 1.807) is 0 Å². The van der Waals surface area contributed by atoms with Crippen LogP contribution in [0.2, 0.25) is 0 Å². The summed E-state index contributed by atoms with van der Waals surface area (Å²) in [6.45, 7) is -0.676. The summed E-state index contributed by atoms with van der Waals surface area (Å²) in [7, 11) is 0. The summed E-state index contributed by atoms with van der Waals surface area (Å²) in [4.78, 5) is 64.0. The Kier molecular flexibility index (Phi) is 8.49. The fourth-order valence-electron chi connectivity index (χ4n) is 4.50. The Labute approximate surface area is 234 Å². The van der Waals surface area contributed by atoms with Crippen molar-refractivity contribution in [3.8, 4) is 0 Å². The third-order valence-corrected chi connectivity index (χ3v) is 6.38. The number of hydrogen-bond acceptors (Lipinski definition) is 6. The first-order valence-electron chi connectivity index (χ1n) is 12.2. The predicted molar refractivity (Wildman–Crippen MR) is 135 cm³/mol. The van der Waals surface area contributed by atoms with Crippen molar-refractivity contribution in [3.63, 3.8) is 0 Å². The average Bonchev–Trinajstić information content (AvgIpc) is 3.38. The molecule has 2 N–H and O–H groups in total.